The third-order valence-corrected chi connectivity index (χ3v) is 6.41. The average Bonchev–Trinajstić information content (AvgIpc) is 2.82. The first kappa shape index (κ1) is 25.3. The van der Waals surface area contributed by atoms with Crippen LogP contribution in [0.25, 0.3) is 0 Å². The Morgan fingerprint density at radius 2 is 1.73 bits per heavy atom. The molecular formula is C25H33NO7. The maximum atomic E-state index is 10.9. The van der Waals surface area contributed by atoms with Crippen molar-refractivity contribution in [2.75, 3.05) is 20.8 Å². The van der Waals surface area contributed by atoms with E-state index in [1.807, 2.05) is 50.2 Å². The fourth-order valence-electron chi connectivity index (χ4n) is 4.21. The Bertz CT molecular complexity index is 993. The summed E-state index contributed by atoms with van der Waals surface area (Å²) >= 11 is 0. The lowest BCUT2D eigenvalue weighted by Crippen LogP contribution is -2.69. The number of hydrogen-bond acceptors (Lipinski definition) is 8. The van der Waals surface area contributed by atoms with Crippen LogP contribution >= 0.6 is 0 Å². The Morgan fingerprint density at radius 3 is 2.30 bits per heavy atom. The smallest absolute Gasteiger partial charge is 0.225 e. The number of ether oxygens (including phenoxy) is 2. The van der Waals surface area contributed by atoms with Crippen LogP contribution in [0, 0.1) is 6.92 Å². The Morgan fingerprint density at radius 1 is 1.06 bits per heavy atom. The van der Waals surface area contributed by atoms with E-state index in [-0.39, 0.29) is 0 Å². The molecule has 8 heteroatoms. The normalized spacial score (nSPS) is 30.3. The number of rotatable bonds is 7. The summed E-state index contributed by atoms with van der Waals surface area (Å²) < 4.78 is 11.6. The Balaban J connectivity index is 1.97. The molecule has 1 aliphatic rings. The molecule has 5 atom stereocenters. The molecule has 5 unspecified atom stereocenters. The van der Waals surface area contributed by atoms with E-state index in [2.05, 4.69) is 5.16 Å². The monoisotopic (exact) mass is 459 g/mol. The molecule has 1 aliphatic heterocycles. The molecule has 4 N–H and O–H groups in total. The van der Waals surface area contributed by atoms with Crippen LogP contribution in [0.3, 0.4) is 0 Å². The highest BCUT2D eigenvalue weighted by Gasteiger charge is 2.59. The van der Waals surface area contributed by atoms with Crippen LogP contribution in [0.5, 0.6) is 0 Å². The number of aliphatic hydroxyl groups is 4. The van der Waals surface area contributed by atoms with Gasteiger partial charge < -0.3 is 34.7 Å². The molecule has 2 aromatic rings. The van der Waals surface area contributed by atoms with Gasteiger partial charge in [-0.25, -0.2) is 0 Å². The van der Waals surface area contributed by atoms with E-state index >= 15 is 0 Å². The SMILES string of the molecule is CON=C(C)c1ccc(Cc2cc(C3(OC)OC(C)(CO)C(O)C(O)C3O)ccc2C)cc1. The van der Waals surface area contributed by atoms with Gasteiger partial charge in [0.05, 0.1) is 12.3 Å². The molecule has 180 valence electrons. The highest BCUT2D eigenvalue weighted by atomic mass is 16.7. The van der Waals surface area contributed by atoms with Crippen molar-refractivity contribution in [2.24, 2.45) is 5.16 Å². The minimum Gasteiger partial charge on any atom is -0.399 e. The molecule has 2 aromatic carbocycles. The molecule has 0 aromatic heterocycles. The second kappa shape index (κ2) is 9.89. The van der Waals surface area contributed by atoms with E-state index in [1.165, 1.54) is 21.1 Å². The van der Waals surface area contributed by atoms with Gasteiger partial charge >= 0.3 is 0 Å². The van der Waals surface area contributed by atoms with Crippen LogP contribution in [0.15, 0.2) is 47.6 Å². The minimum atomic E-state index is -1.77. The van der Waals surface area contributed by atoms with Crippen LogP contribution in [0.1, 0.15) is 41.7 Å². The first-order valence-electron chi connectivity index (χ1n) is 10.8. The zero-order valence-corrected chi connectivity index (χ0v) is 19.6. The topological polar surface area (TPSA) is 121 Å². The molecule has 33 heavy (non-hydrogen) atoms. The van der Waals surface area contributed by atoms with Crippen molar-refractivity contribution in [3.63, 3.8) is 0 Å². The van der Waals surface area contributed by atoms with Crippen molar-refractivity contribution in [3.8, 4) is 0 Å². The second-order valence-electron chi connectivity index (χ2n) is 8.70. The van der Waals surface area contributed by atoms with Crippen LogP contribution in [0.2, 0.25) is 0 Å². The molecule has 1 heterocycles. The molecule has 3 rings (SSSR count). The van der Waals surface area contributed by atoms with Gasteiger partial charge in [-0.15, -0.1) is 0 Å². The van der Waals surface area contributed by atoms with E-state index in [1.54, 1.807) is 6.07 Å². The first-order chi connectivity index (χ1) is 15.6. The third-order valence-electron chi connectivity index (χ3n) is 6.41. The predicted octanol–water partition coefficient (Wildman–Crippen LogP) is 1.62. The number of hydrogen-bond donors (Lipinski definition) is 4. The molecule has 0 saturated carbocycles. The lowest BCUT2D eigenvalue weighted by atomic mass is 9.81. The standard InChI is InChI=1S/C25H33NO7/c1-15-6-11-20(25(31-4)23(30)21(28)22(29)24(3,14-27)33-25)13-19(15)12-17-7-9-18(10-8-17)16(2)26-32-5/h6-11,13,21-23,27-30H,12,14H2,1-5H3. The molecular weight excluding hydrogens is 426 g/mol. The Kier molecular flexibility index (Phi) is 7.58. The van der Waals surface area contributed by atoms with Crippen molar-refractivity contribution in [1.29, 1.82) is 0 Å². The van der Waals surface area contributed by atoms with Gasteiger partial charge in [0, 0.05) is 12.7 Å². The highest BCUT2D eigenvalue weighted by molar-refractivity contribution is 5.98. The molecule has 0 amide bonds. The number of aryl methyl sites for hydroxylation is 1. The fraction of sp³-hybridized carbons (Fsp3) is 0.480. The van der Waals surface area contributed by atoms with E-state index in [0.29, 0.717) is 12.0 Å². The quantitative estimate of drug-likeness (QED) is 0.367. The molecule has 8 nitrogen and oxygen atoms in total. The molecule has 1 fully saturated rings. The number of nitrogens with zero attached hydrogens (tertiary/aromatic N) is 1. The molecule has 0 spiro atoms. The minimum absolute atomic E-state index is 0.475. The maximum absolute atomic E-state index is 10.9. The van der Waals surface area contributed by atoms with Gasteiger partial charge in [-0.2, -0.15) is 0 Å². The van der Waals surface area contributed by atoms with Gasteiger partial charge in [-0.1, -0.05) is 41.6 Å². The van der Waals surface area contributed by atoms with E-state index in [0.717, 1.165) is 28.0 Å². The average molecular weight is 460 g/mol. The van der Waals surface area contributed by atoms with Gasteiger partial charge in [-0.05, 0) is 55.5 Å². The fourth-order valence-corrected chi connectivity index (χ4v) is 4.21. The maximum Gasteiger partial charge on any atom is 0.225 e. The summed E-state index contributed by atoms with van der Waals surface area (Å²) in [6.45, 7) is 4.75. The van der Waals surface area contributed by atoms with Crippen molar-refractivity contribution in [3.05, 3.63) is 70.3 Å². The van der Waals surface area contributed by atoms with Gasteiger partial charge in [-0.3, -0.25) is 0 Å². The summed E-state index contributed by atoms with van der Waals surface area (Å²) in [4.78, 5) is 4.83. The largest absolute Gasteiger partial charge is 0.399 e. The van der Waals surface area contributed by atoms with Crippen molar-refractivity contribution in [2.45, 2.75) is 56.9 Å². The lowest BCUT2D eigenvalue weighted by Gasteiger charge is -2.52. The zero-order valence-electron chi connectivity index (χ0n) is 19.6. The van der Waals surface area contributed by atoms with Crippen LogP contribution in [0.4, 0.5) is 0 Å². The summed E-state index contributed by atoms with van der Waals surface area (Å²) in [6.07, 6.45) is -4.03. The molecule has 0 bridgehead atoms. The van der Waals surface area contributed by atoms with Crippen molar-refractivity contribution >= 4 is 5.71 Å². The Labute approximate surface area is 194 Å². The van der Waals surface area contributed by atoms with E-state index in [9.17, 15) is 20.4 Å². The summed E-state index contributed by atoms with van der Waals surface area (Å²) in [5.41, 5.74) is 3.75. The van der Waals surface area contributed by atoms with Gasteiger partial charge in [0.2, 0.25) is 5.79 Å². The van der Waals surface area contributed by atoms with Crippen LogP contribution in [-0.2, 0) is 26.5 Å². The van der Waals surface area contributed by atoms with Gasteiger partial charge in [0.1, 0.15) is 31.0 Å². The van der Waals surface area contributed by atoms with E-state index in [4.69, 9.17) is 14.3 Å². The lowest BCUT2D eigenvalue weighted by molar-refractivity contribution is -0.393. The summed E-state index contributed by atoms with van der Waals surface area (Å²) in [6, 6.07) is 13.5. The predicted molar refractivity (Wildman–Crippen MR) is 123 cm³/mol. The number of benzene rings is 2. The van der Waals surface area contributed by atoms with Crippen LogP contribution < -0.4 is 0 Å². The molecule has 0 aliphatic carbocycles. The Hall–Kier alpha value is -2.33. The molecule has 0 radical (unpaired) electrons. The van der Waals surface area contributed by atoms with Crippen molar-refractivity contribution in [1.82, 2.24) is 0 Å². The molecule has 1 saturated heterocycles. The first-order valence-corrected chi connectivity index (χ1v) is 10.8. The third kappa shape index (κ3) is 4.68. The van der Waals surface area contributed by atoms with Crippen LogP contribution in [-0.4, -0.2) is 70.9 Å². The summed E-state index contributed by atoms with van der Waals surface area (Å²) in [5.74, 6) is -1.77. The number of oxime groups is 1. The van der Waals surface area contributed by atoms with Gasteiger partial charge in [0.15, 0.2) is 0 Å². The second-order valence-corrected chi connectivity index (χ2v) is 8.70. The zero-order chi connectivity index (χ0) is 24.4. The highest BCUT2D eigenvalue weighted by Crippen LogP contribution is 2.43. The van der Waals surface area contributed by atoms with Crippen molar-refractivity contribution < 1.29 is 34.7 Å². The number of aliphatic hydroxyl groups excluding tert-OH is 4. The number of methoxy groups -OCH3 is 1. The summed E-state index contributed by atoms with van der Waals surface area (Å²) in [7, 11) is 2.86. The van der Waals surface area contributed by atoms with E-state index < -0.39 is 36.3 Å². The van der Waals surface area contributed by atoms with Gasteiger partial charge in [0.25, 0.3) is 0 Å². The summed E-state index contributed by atoms with van der Waals surface area (Å²) in [5, 5.41) is 45.5.